The molecular formula is C17H18Cl2N2O. The number of halogens is 2. The molecule has 0 spiro atoms. The Kier molecular flexibility index (Phi) is 3.98. The van der Waals surface area contributed by atoms with E-state index in [0.717, 1.165) is 22.5 Å². The molecule has 0 unspecified atom stereocenters. The highest BCUT2D eigenvalue weighted by Crippen LogP contribution is 2.38. The normalized spacial score (nSPS) is 14.0. The Hall–Kier alpha value is -1.42. The maximum absolute atomic E-state index is 10.00. The van der Waals surface area contributed by atoms with E-state index < -0.39 is 5.60 Å². The van der Waals surface area contributed by atoms with Crippen molar-refractivity contribution in [2.24, 2.45) is 0 Å². The molecular weight excluding hydrogens is 319 g/mol. The van der Waals surface area contributed by atoms with Gasteiger partial charge in [0.1, 0.15) is 0 Å². The van der Waals surface area contributed by atoms with Crippen LogP contribution in [0.2, 0.25) is 10.0 Å². The molecule has 116 valence electrons. The number of hydrogen-bond acceptors (Lipinski definition) is 3. The largest absolute Gasteiger partial charge is 0.389 e. The van der Waals surface area contributed by atoms with Crippen LogP contribution in [0.3, 0.4) is 0 Å². The number of β-amino-alcohol motifs (C(OH)–C–C–N with tert-alkyl or cyclic N) is 1. The molecule has 5 heteroatoms. The summed E-state index contributed by atoms with van der Waals surface area (Å²) in [5.41, 5.74) is 3.40. The van der Waals surface area contributed by atoms with Gasteiger partial charge >= 0.3 is 0 Å². The van der Waals surface area contributed by atoms with Crippen molar-refractivity contribution in [3.05, 3.63) is 46.4 Å². The predicted molar refractivity (Wildman–Crippen MR) is 94.0 cm³/mol. The maximum Gasteiger partial charge on any atom is 0.0878 e. The highest BCUT2D eigenvalue weighted by Gasteiger charge is 2.24. The van der Waals surface area contributed by atoms with Gasteiger partial charge in [-0.05, 0) is 43.7 Å². The van der Waals surface area contributed by atoms with E-state index in [2.05, 4.69) is 22.3 Å². The summed E-state index contributed by atoms with van der Waals surface area (Å²) in [6.07, 6.45) is 0. The van der Waals surface area contributed by atoms with Crippen LogP contribution in [-0.4, -0.2) is 23.9 Å². The first-order valence-corrected chi connectivity index (χ1v) is 7.90. The Morgan fingerprint density at radius 2 is 1.95 bits per heavy atom. The minimum absolute atomic E-state index is 0.577. The van der Waals surface area contributed by atoms with Gasteiger partial charge in [0.2, 0.25) is 0 Å². The van der Waals surface area contributed by atoms with Crippen molar-refractivity contribution in [1.82, 2.24) is 0 Å². The molecule has 0 aromatic heterocycles. The van der Waals surface area contributed by atoms with Crippen LogP contribution in [0, 0.1) is 0 Å². The van der Waals surface area contributed by atoms with Crippen LogP contribution in [0.1, 0.15) is 13.8 Å². The van der Waals surface area contributed by atoms with Gasteiger partial charge in [-0.25, -0.2) is 0 Å². The van der Waals surface area contributed by atoms with Crippen LogP contribution in [-0.2, 0) is 0 Å². The van der Waals surface area contributed by atoms with E-state index >= 15 is 0 Å². The third-order valence-corrected chi connectivity index (χ3v) is 4.17. The SMILES string of the molecule is CC(C)(O)CN1CNc2cc(-c3ccc(Cl)cc3Cl)ccc21. The Bertz CT molecular complexity index is 710. The number of hydrogen-bond donors (Lipinski definition) is 2. The molecule has 0 atom stereocenters. The minimum Gasteiger partial charge on any atom is -0.389 e. The van der Waals surface area contributed by atoms with E-state index in [1.807, 2.05) is 32.0 Å². The van der Waals surface area contributed by atoms with E-state index in [0.29, 0.717) is 23.3 Å². The van der Waals surface area contributed by atoms with Crippen molar-refractivity contribution >= 4 is 34.6 Å². The molecule has 0 amide bonds. The summed E-state index contributed by atoms with van der Waals surface area (Å²) in [7, 11) is 0. The van der Waals surface area contributed by atoms with Crippen molar-refractivity contribution in [3.8, 4) is 11.1 Å². The maximum atomic E-state index is 10.00. The summed E-state index contributed by atoms with van der Waals surface area (Å²) in [5.74, 6) is 0. The summed E-state index contributed by atoms with van der Waals surface area (Å²) in [6.45, 7) is 4.89. The lowest BCUT2D eigenvalue weighted by atomic mass is 10.0. The molecule has 0 fully saturated rings. The van der Waals surface area contributed by atoms with Gasteiger partial charge in [0.05, 0.1) is 23.6 Å². The van der Waals surface area contributed by atoms with E-state index in [-0.39, 0.29) is 0 Å². The summed E-state index contributed by atoms with van der Waals surface area (Å²) in [4.78, 5) is 2.13. The van der Waals surface area contributed by atoms with Gasteiger partial charge < -0.3 is 15.3 Å². The molecule has 0 radical (unpaired) electrons. The summed E-state index contributed by atoms with van der Waals surface area (Å²) >= 11 is 12.2. The van der Waals surface area contributed by atoms with Crippen LogP contribution in [0.4, 0.5) is 11.4 Å². The lowest BCUT2D eigenvalue weighted by Crippen LogP contribution is -2.38. The quantitative estimate of drug-likeness (QED) is 0.858. The second-order valence-corrected chi connectivity index (χ2v) is 7.05. The number of anilines is 2. The zero-order valence-electron chi connectivity index (χ0n) is 12.5. The molecule has 1 aliphatic rings. The molecule has 1 aliphatic heterocycles. The molecule has 3 nitrogen and oxygen atoms in total. The highest BCUT2D eigenvalue weighted by atomic mass is 35.5. The molecule has 3 rings (SSSR count). The van der Waals surface area contributed by atoms with Crippen molar-refractivity contribution in [2.75, 3.05) is 23.4 Å². The fraction of sp³-hybridized carbons (Fsp3) is 0.294. The second-order valence-electron chi connectivity index (χ2n) is 6.20. The third kappa shape index (κ3) is 3.17. The number of nitrogens with one attached hydrogen (secondary N) is 1. The Labute approximate surface area is 140 Å². The third-order valence-electron chi connectivity index (χ3n) is 3.62. The van der Waals surface area contributed by atoms with E-state index in [1.54, 1.807) is 6.07 Å². The standard InChI is InChI=1S/C17H18Cl2N2O/c1-17(2,22)9-21-10-20-15-7-11(3-6-16(15)21)13-5-4-12(18)8-14(13)19/h3-8,20,22H,9-10H2,1-2H3. The summed E-state index contributed by atoms with van der Waals surface area (Å²) in [5, 5.41) is 14.6. The van der Waals surface area contributed by atoms with E-state index in [9.17, 15) is 5.11 Å². The number of nitrogens with zero attached hydrogens (tertiary/aromatic N) is 1. The number of benzene rings is 2. The van der Waals surface area contributed by atoms with Gasteiger partial charge in [-0.1, -0.05) is 35.3 Å². The highest BCUT2D eigenvalue weighted by molar-refractivity contribution is 6.36. The first kappa shape index (κ1) is 15.5. The fourth-order valence-corrected chi connectivity index (χ4v) is 3.24. The number of rotatable bonds is 3. The fourth-order valence-electron chi connectivity index (χ4n) is 2.72. The first-order valence-electron chi connectivity index (χ1n) is 7.14. The van der Waals surface area contributed by atoms with Crippen LogP contribution < -0.4 is 10.2 Å². The number of fused-ring (bicyclic) bond motifs is 1. The molecule has 1 heterocycles. The second kappa shape index (κ2) is 5.65. The average molecular weight is 337 g/mol. The zero-order valence-corrected chi connectivity index (χ0v) is 14.0. The topological polar surface area (TPSA) is 35.5 Å². The molecule has 2 aromatic carbocycles. The summed E-state index contributed by atoms with van der Waals surface area (Å²) < 4.78 is 0. The first-order chi connectivity index (χ1) is 10.3. The van der Waals surface area contributed by atoms with Gasteiger partial charge in [0.15, 0.2) is 0 Å². The van der Waals surface area contributed by atoms with Crippen LogP contribution in [0.15, 0.2) is 36.4 Å². The van der Waals surface area contributed by atoms with Crippen LogP contribution in [0.5, 0.6) is 0 Å². The van der Waals surface area contributed by atoms with Gasteiger partial charge in [-0.3, -0.25) is 0 Å². The zero-order chi connectivity index (χ0) is 15.9. The average Bonchev–Trinajstić information content (AvgIpc) is 2.79. The van der Waals surface area contributed by atoms with Crippen molar-refractivity contribution in [1.29, 1.82) is 0 Å². The molecule has 2 aromatic rings. The smallest absolute Gasteiger partial charge is 0.0878 e. The number of aliphatic hydroxyl groups is 1. The molecule has 0 aliphatic carbocycles. The van der Waals surface area contributed by atoms with Crippen LogP contribution in [0.25, 0.3) is 11.1 Å². The van der Waals surface area contributed by atoms with Crippen molar-refractivity contribution in [3.63, 3.8) is 0 Å². The summed E-state index contributed by atoms with van der Waals surface area (Å²) in [6, 6.07) is 11.7. The molecule has 0 saturated carbocycles. The van der Waals surface area contributed by atoms with Gasteiger partial charge in [0, 0.05) is 22.2 Å². The van der Waals surface area contributed by atoms with Gasteiger partial charge in [0.25, 0.3) is 0 Å². The Morgan fingerprint density at radius 3 is 2.64 bits per heavy atom. The lowest BCUT2D eigenvalue weighted by molar-refractivity contribution is 0.0880. The van der Waals surface area contributed by atoms with Crippen LogP contribution >= 0.6 is 23.2 Å². The van der Waals surface area contributed by atoms with Crippen molar-refractivity contribution < 1.29 is 5.11 Å². The lowest BCUT2D eigenvalue weighted by Gasteiger charge is -2.26. The Balaban J connectivity index is 1.93. The van der Waals surface area contributed by atoms with Crippen molar-refractivity contribution in [2.45, 2.75) is 19.4 Å². The van der Waals surface area contributed by atoms with Gasteiger partial charge in [-0.2, -0.15) is 0 Å². The van der Waals surface area contributed by atoms with E-state index in [1.165, 1.54) is 0 Å². The van der Waals surface area contributed by atoms with Gasteiger partial charge in [-0.15, -0.1) is 0 Å². The molecule has 0 bridgehead atoms. The predicted octanol–water partition coefficient (Wildman–Crippen LogP) is 4.62. The van der Waals surface area contributed by atoms with E-state index in [4.69, 9.17) is 23.2 Å². The molecule has 22 heavy (non-hydrogen) atoms. The molecule has 0 saturated heterocycles. The Morgan fingerprint density at radius 1 is 1.18 bits per heavy atom. The minimum atomic E-state index is -0.735. The monoisotopic (exact) mass is 336 g/mol. The molecule has 2 N–H and O–H groups in total.